The molecule has 2 aromatic rings. The van der Waals surface area contributed by atoms with Crippen LogP contribution in [-0.2, 0) is 9.59 Å². The van der Waals surface area contributed by atoms with Gasteiger partial charge in [0.2, 0.25) is 11.9 Å². The number of carbonyl (C=O) groups is 2. The average molecular weight is 329 g/mol. The Balaban J connectivity index is 1.56. The smallest absolute Gasteiger partial charge is 0.306 e. The molecule has 1 saturated carbocycles. The molecule has 2 N–H and O–H groups in total. The molecule has 0 unspecified atom stereocenters. The number of aliphatic carboxylic acids is 1. The second-order valence-electron chi connectivity index (χ2n) is 6.45. The molecule has 0 bridgehead atoms. The maximum absolute atomic E-state index is 11.9. The van der Waals surface area contributed by atoms with Crippen molar-refractivity contribution in [3.05, 3.63) is 18.2 Å². The summed E-state index contributed by atoms with van der Waals surface area (Å²) in [6.45, 7) is 1.33. The van der Waals surface area contributed by atoms with Gasteiger partial charge in [-0.05, 0) is 37.8 Å². The molecule has 126 valence electrons. The van der Waals surface area contributed by atoms with Gasteiger partial charge in [0.05, 0.1) is 5.92 Å². The fraction of sp³-hybridized carbons (Fsp3) is 0.500. The van der Waals surface area contributed by atoms with Crippen molar-refractivity contribution < 1.29 is 14.7 Å². The van der Waals surface area contributed by atoms with Crippen LogP contribution in [0.5, 0.6) is 0 Å². The van der Waals surface area contributed by atoms with Crippen molar-refractivity contribution in [3.63, 3.8) is 0 Å². The predicted molar refractivity (Wildman–Crippen MR) is 86.9 cm³/mol. The van der Waals surface area contributed by atoms with E-state index in [2.05, 4.69) is 20.3 Å². The van der Waals surface area contributed by atoms with Crippen LogP contribution >= 0.6 is 0 Å². The fourth-order valence-corrected chi connectivity index (χ4v) is 3.10. The molecule has 1 aliphatic heterocycles. The first-order valence-electron chi connectivity index (χ1n) is 8.26. The number of carboxylic acid groups (broad SMARTS) is 1. The SMILES string of the molecule is O=C(O)C1CCN(c2cccc3nc(NC(=O)C4CC4)nn23)CC1. The van der Waals surface area contributed by atoms with Crippen molar-refractivity contribution in [2.45, 2.75) is 25.7 Å². The Morgan fingerprint density at radius 2 is 1.88 bits per heavy atom. The van der Waals surface area contributed by atoms with Crippen LogP contribution in [0.1, 0.15) is 25.7 Å². The van der Waals surface area contributed by atoms with Crippen LogP contribution in [0.3, 0.4) is 0 Å². The Bertz CT molecular complexity index is 790. The number of nitrogens with zero attached hydrogens (tertiary/aromatic N) is 4. The van der Waals surface area contributed by atoms with Crippen molar-refractivity contribution in [3.8, 4) is 0 Å². The first kappa shape index (κ1) is 14.9. The van der Waals surface area contributed by atoms with Crippen molar-refractivity contribution in [1.29, 1.82) is 0 Å². The van der Waals surface area contributed by atoms with Gasteiger partial charge in [-0.15, -0.1) is 5.10 Å². The first-order valence-corrected chi connectivity index (χ1v) is 8.26. The van der Waals surface area contributed by atoms with Crippen LogP contribution < -0.4 is 10.2 Å². The summed E-state index contributed by atoms with van der Waals surface area (Å²) < 4.78 is 1.71. The number of hydrogen-bond donors (Lipinski definition) is 2. The zero-order valence-electron chi connectivity index (χ0n) is 13.2. The van der Waals surface area contributed by atoms with E-state index >= 15 is 0 Å². The predicted octanol–water partition coefficient (Wildman–Crippen LogP) is 1.38. The van der Waals surface area contributed by atoms with Gasteiger partial charge in [0, 0.05) is 19.0 Å². The van der Waals surface area contributed by atoms with Crippen LogP contribution in [0.2, 0.25) is 0 Å². The van der Waals surface area contributed by atoms with Crippen molar-refractivity contribution in [1.82, 2.24) is 14.6 Å². The van der Waals surface area contributed by atoms with Crippen molar-refractivity contribution in [2.24, 2.45) is 11.8 Å². The van der Waals surface area contributed by atoms with Gasteiger partial charge in [-0.3, -0.25) is 14.9 Å². The molecular weight excluding hydrogens is 310 g/mol. The summed E-state index contributed by atoms with van der Waals surface area (Å²) in [5, 5.41) is 16.3. The lowest BCUT2D eigenvalue weighted by molar-refractivity contribution is -0.142. The molecule has 4 rings (SSSR count). The zero-order valence-corrected chi connectivity index (χ0v) is 13.2. The second-order valence-corrected chi connectivity index (χ2v) is 6.45. The minimum atomic E-state index is -0.723. The summed E-state index contributed by atoms with van der Waals surface area (Å²) in [6, 6.07) is 5.68. The van der Waals surface area contributed by atoms with Gasteiger partial charge in [-0.2, -0.15) is 9.50 Å². The molecule has 1 amide bonds. The molecular formula is C16H19N5O3. The molecule has 8 nitrogen and oxygen atoms in total. The summed E-state index contributed by atoms with van der Waals surface area (Å²) >= 11 is 0. The van der Waals surface area contributed by atoms with Gasteiger partial charge < -0.3 is 10.0 Å². The fourth-order valence-electron chi connectivity index (χ4n) is 3.10. The maximum atomic E-state index is 11.9. The number of anilines is 2. The number of nitrogens with one attached hydrogen (secondary N) is 1. The lowest BCUT2D eigenvalue weighted by atomic mass is 9.97. The number of carbonyl (C=O) groups excluding carboxylic acids is 1. The minimum Gasteiger partial charge on any atom is -0.481 e. The minimum absolute atomic E-state index is 0.0188. The van der Waals surface area contributed by atoms with Crippen LogP contribution in [-0.4, -0.2) is 44.7 Å². The van der Waals surface area contributed by atoms with Gasteiger partial charge in [0.15, 0.2) is 5.65 Å². The van der Waals surface area contributed by atoms with Crippen LogP contribution in [0.25, 0.3) is 5.65 Å². The van der Waals surface area contributed by atoms with E-state index in [1.807, 2.05) is 18.2 Å². The quantitative estimate of drug-likeness (QED) is 0.879. The molecule has 0 atom stereocenters. The number of aromatic nitrogens is 3. The third-order valence-corrected chi connectivity index (χ3v) is 4.69. The normalized spacial score (nSPS) is 18.8. The van der Waals surface area contributed by atoms with E-state index < -0.39 is 5.97 Å². The molecule has 0 radical (unpaired) electrons. The number of fused-ring (bicyclic) bond motifs is 1. The zero-order chi connectivity index (χ0) is 16.7. The van der Waals surface area contributed by atoms with Gasteiger partial charge in [-0.1, -0.05) is 6.07 Å². The third-order valence-electron chi connectivity index (χ3n) is 4.69. The summed E-state index contributed by atoms with van der Waals surface area (Å²) in [5.41, 5.74) is 0.666. The largest absolute Gasteiger partial charge is 0.481 e. The Hall–Kier alpha value is -2.64. The topological polar surface area (TPSA) is 99.8 Å². The van der Waals surface area contributed by atoms with Crippen LogP contribution in [0.4, 0.5) is 11.8 Å². The van der Waals surface area contributed by atoms with E-state index in [0.29, 0.717) is 37.5 Å². The molecule has 1 saturated heterocycles. The van der Waals surface area contributed by atoms with Crippen LogP contribution in [0.15, 0.2) is 18.2 Å². The number of hydrogen-bond acceptors (Lipinski definition) is 5. The van der Waals surface area contributed by atoms with E-state index in [0.717, 1.165) is 18.7 Å². The summed E-state index contributed by atoms with van der Waals surface area (Å²) in [5.74, 6) is 0.277. The Labute approximate surface area is 138 Å². The molecule has 0 aromatic carbocycles. The highest BCUT2D eigenvalue weighted by atomic mass is 16.4. The van der Waals surface area contributed by atoms with Gasteiger partial charge in [-0.25, -0.2) is 0 Å². The summed E-state index contributed by atoms with van der Waals surface area (Å²) in [4.78, 5) is 29.4. The highest BCUT2D eigenvalue weighted by Gasteiger charge is 2.30. The number of rotatable bonds is 4. The summed E-state index contributed by atoms with van der Waals surface area (Å²) in [7, 11) is 0. The number of piperidine rings is 1. The van der Waals surface area contributed by atoms with Gasteiger partial charge >= 0.3 is 5.97 Å². The molecule has 0 spiro atoms. The number of pyridine rings is 1. The Morgan fingerprint density at radius 1 is 1.12 bits per heavy atom. The third kappa shape index (κ3) is 2.79. The van der Waals surface area contributed by atoms with E-state index in [-0.39, 0.29) is 17.7 Å². The average Bonchev–Trinajstić information content (AvgIpc) is 3.35. The van der Waals surface area contributed by atoms with Crippen LogP contribution in [0, 0.1) is 11.8 Å². The van der Waals surface area contributed by atoms with E-state index in [9.17, 15) is 9.59 Å². The van der Waals surface area contributed by atoms with Crippen molar-refractivity contribution >= 4 is 29.3 Å². The van der Waals surface area contributed by atoms with Crippen molar-refractivity contribution in [2.75, 3.05) is 23.3 Å². The molecule has 3 heterocycles. The Morgan fingerprint density at radius 3 is 2.54 bits per heavy atom. The van der Waals surface area contributed by atoms with Gasteiger partial charge in [0.1, 0.15) is 5.82 Å². The second kappa shape index (κ2) is 5.77. The molecule has 8 heteroatoms. The highest BCUT2D eigenvalue weighted by Crippen LogP contribution is 2.30. The number of amides is 1. The molecule has 1 aliphatic carbocycles. The van der Waals surface area contributed by atoms with E-state index in [1.54, 1.807) is 4.52 Å². The monoisotopic (exact) mass is 329 g/mol. The lowest BCUT2D eigenvalue weighted by Gasteiger charge is -2.31. The molecule has 2 aromatic heterocycles. The van der Waals surface area contributed by atoms with E-state index in [4.69, 9.17) is 5.11 Å². The Kier molecular flexibility index (Phi) is 3.59. The van der Waals surface area contributed by atoms with Gasteiger partial charge in [0.25, 0.3) is 0 Å². The molecule has 2 aliphatic rings. The number of carboxylic acids is 1. The lowest BCUT2D eigenvalue weighted by Crippen LogP contribution is -2.37. The van der Waals surface area contributed by atoms with E-state index in [1.165, 1.54) is 0 Å². The molecule has 24 heavy (non-hydrogen) atoms. The first-order chi connectivity index (χ1) is 11.6. The molecule has 2 fully saturated rings. The standard InChI is InChI=1S/C16H19N5O3/c22-14(10-4-5-10)18-16-17-12-2-1-3-13(21(12)19-16)20-8-6-11(7-9-20)15(23)24/h1-3,10-11H,4-9H2,(H,23,24)(H,18,19,22). The highest BCUT2D eigenvalue weighted by molar-refractivity contribution is 5.92. The maximum Gasteiger partial charge on any atom is 0.306 e. The summed E-state index contributed by atoms with van der Waals surface area (Å²) in [6.07, 6.45) is 3.10.